The number of carbonyl (C=O) groups is 2. The topological polar surface area (TPSA) is 79.2 Å². The van der Waals surface area contributed by atoms with Gasteiger partial charge in [0.05, 0.1) is 16.2 Å². The van der Waals surface area contributed by atoms with Crippen LogP contribution in [0.4, 0.5) is 5.69 Å². The van der Waals surface area contributed by atoms with Crippen LogP contribution < -0.4 is 4.74 Å². The summed E-state index contributed by atoms with van der Waals surface area (Å²) >= 11 is 7.19. The molecule has 1 amide bonds. The molecule has 0 atom stereocenters. The molecule has 1 aliphatic heterocycles. The fourth-order valence-electron chi connectivity index (χ4n) is 3.28. The summed E-state index contributed by atoms with van der Waals surface area (Å²) in [5, 5.41) is 10.4. The third kappa shape index (κ3) is 5.68. The second kappa shape index (κ2) is 10.6. The number of rotatable bonds is 7. The molecule has 3 aromatic carbocycles. The van der Waals surface area contributed by atoms with Gasteiger partial charge in [0.15, 0.2) is 5.17 Å². The van der Waals surface area contributed by atoms with Crippen molar-refractivity contribution in [1.82, 2.24) is 4.90 Å². The van der Waals surface area contributed by atoms with Gasteiger partial charge >= 0.3 is 5.97 Å². The Kier molecular flexibility index (Phi) is 7.35. The van der Waals surface area contributed by atoms with Crippen LogP contribution in [0.3, 0.4) is 0 Å². The number of carbonyl (C=O) groups excluding carboxylic acids is 1. The number of halogens is 1. The molecule has 1 fully saturated rings. The molecule has 0 aliphatic carbocycles. The van der Waals surface area contributed by atoms with Crippen molar-refractivity contribution in [2.45, 2.75) is 13.5 Å². The van der Waals surface area contributed by atoms with Gasteiger partial charge in [-0.15, -0.1) is 0 Å². The first-order valence-corrected chi connectivity index (χ1v) is 11.7. The van der Waals surface area contributed by atoms with E-state index in [1.54, 1.807) is 23.1 Å². The van der Waals surface area contributed by atoms with Crippen molar-refractivity contribution in [3.63, 3.8) is 0 Å². The Balaban J connectivity index is 1.53. The molecule has 1 heterocycles. The predicted molar refractivity (Wildman–Crippen MR) is 136 cm³/mol. The van der Waals surface area contributed by atoms with Gasteiger partial charge in [-0.1, -0.05) is 41.9 Å². The first-order valence-electron chi connectivity index (χ1n) is 10.5. The highest BCUT2D eigenvalue weighted by atomic mass is 35.5. The molecule has 0 unspecified atom stereocenters. The predicted octanol–water partition coefficient (Wildman–Crippen LogP) is 6.24. The average molecular weight is 493 g/mol. The van der Waals surface area contributed by atoms with E-state index in [1.807, 2.05) is 55.5 Å². The number of thioether (sulfide) groups is 1. The molecule has 0 saturated carbocycles. The smallest absolute Gasteiger partial charge is 0.335 e. The Labute approximate surface area is 206 Å². The van der Waals surface area contributed by atoms with E-state index in [-0.39, 0.29) is 11.5 Å². The molecule has 3 aromatic rings. The van der Waals surface area contributed by atoms with E-state index in [2.05, 4.69) is 4.99 Å². The molecule has 4 rings (SSSR count). The van der Waals surface area contributed by atoms with Gasteiger partial charge < -0.3 is 9.84 Å². The molecular formula is C26H21ClN2O4S. The van der Waals surface area contributed by atoms with E-state index >= 15 is 0 Å². The van der Waals surface area contributed by atoms with Crippen molar-refractivity contribution in [1.29, 1.82) is 0 Å². The molecule has 0 radical (unpaired) electrons. The molecule has 34 heavy (non-hydrogen) atoms. The van der Waals surface area contributed by atoms with Gasteiger partial charge in [-0.25, -0.2) is 9.79 Å². The lowest BCUT2D eigenvalue weighted by Crippen LogP contribution is -2.28. The monoisotopic (exact) mass is 492 g/mol. The highest BCUT2D eigenvalue weighted by Crippen LogP contribution is 2.34. The Morgan fingerprint density at radius 2 is 1.88 bits per heavy atom. The molecule has 0 bridgehead atoms. The molecule has 1 aliphatic rings. The molecule has 6 nitrogen and oxygen atoms in total. The number of amides is 1. The van der Waals surface area contributed by atoms with E-state index in [9.17, 15) is 14.7 Å². The largest absolute Gasteiger partial charge is 0.489 e. The number of ether oxygens (including phenoxy) is 1. The number of nitrogens with zero attached hydrogens (tertiary/aromatic N) is 2. The minimum absolute atomic E-state index is 0.144. The van der Waals surface area contributed by atoms with Crippen LogP contribution in [0.5, 0.6) is 5.75 Å². The molecule has 8 heteroatoms. The number of amidine groups is 1. The number of hydrogen-bond acceptors (Lipinski definition) is 5. The van der Waals surface area contributed by atoms with Gasteiger partial charge in [-0.05, 0) is 78.4 Å². The van der Waals surface area contributed by atoms with E-state index in [0.29, 0.717) is 39.7 Å². The molecule has 1 N–H and O–H groups in total. The summed E-state index contributed by atoms with van der Waals surface area (Å²) in [6, 6.07) is 21.3. The molecule has 172 valence electrons. The number of hydrogen-bond donors (Lipinski definition) is 1. The van der Waals surface area contributed by atoms with Crippen LogP contribution in [-0.2, 0) is 11.4 Å². The summed E-state index contributed by atoms with van der Waals surface area (Å²) in [4.78, 5) is 30.8. The summed E-state index contributed by atoms with van der Waals surface area (Å²) in [6.07, 6.45) is 1.81. The van der Waals surface area contributed by atoms with Crippen LogP contribution in [0, 0.1) is 0 Å². The van der Waals surface area contributed by atoms with Crippen LogP contribution >= 0.6 is 23.4 Å². The Hall–Kier alpha value is -3.55. The van der Waals surface area contributed by atoms with Gasteiger partial charge in [0.25, 0.3) is 5.91 Å². The van der Waals surface area contributed by atoms with Gasteiger partial charge in [-0.2, -0.15) is 0 Å². The van der Waals surface area contributed by atoms with Gasteiger partial charge in [0.2, 0.25) is 0 Å². The zero-order valence-electron chi connectivity index (χ0n) is 18.3. The van der Waals surface area contributed by atoms with E-state index in [0.717, 1.165) is 11.1 Å². The molecule has 0 spiro atoms. The first-order chi connectivity index (χ1) is 16.4. The normalized spacial score (nSPS) is 15.8. The lowest BCUT2D eigenvalue weighted by Gasteiger charge is -2.12. The highest BCUT2D eigenvalue weighted by molar-refractivity contribution is 8.18. The van der Waals surface area contributed by atoms with E-state index in [4.69, 9.17) is 16.3 Å². The quantitative estimate of drug-likeness (QED) is 0.395. The number of carboxylic acids is 1. The maximum absolute atomic E-state index is 13.0. The van der Waals surface area contributed by atoms with Crippen LogP contribution in [-0.4, -0.2) is 33.6 Å². The SMILES string of the molecule is CCN1C(=O)/C(=C/c2cccc(OCc3ccc(Cl)cc3)c2)SC1=Nc1cccc(C(=O)O)c1. The number of aromatic carboxylic acids is 1. The molecule has 0 aromatic heterocycles. The van der Waals surface area contributed by atoms with Crippen molar-refractivity contribution < 1.29 is 19.4 Å². The van der Waals surface area contributed by atoms with Crippen molar-refractivity contribution in [2.24, 2.45) is 4.99 Å². The number of aliphatic imine (C=N–C) groups is 1. The lowest BCUT2D eigenvalue weighted by molar-refractivity contribution is -0.122. The summed E-state index contributed by atoms with van der Waals surface area (Å²) in [5.74, 6) is -0.483. The van der Waals surface area contributed by atoms with Crippen molar-refractivity contribution in [3.8, 4) is 5.75 Å². The van der Waals surface area contributed by atoms with Crippen LogP contribution in [0.1, 0.15) is 28.4 Å². The van der Waals surface area contributed by atoms with Crippen molar-refractivity contribution in [3.05, 3.63) is 99.4 Å². The van der Waals surface area contributed by atoms with Crippen molar-refractivity contribution in [2.75, 3.05) is 6.54 Å². The Bertz CT molecular complexity index is 1290. The fraction of sp³-hybridized carbons (Fsp3) is 0.115. The Morgan fingerprint density at radius 3 is 2.62 bits per heavy atom. The minimum atomic E-state index is -1.02. The summed E-state index contributed by atoms with van der Waals surface area (Å²) in [6.45, 7) is 2.72. The second-order valence-electron chi connectivity index (χ2n) is 7.40. The second-order valence-corrected chi connectivity index (χ2v) is 8.84. The van der Waals surface area contributed by atoms with Gasteiger partial charge in [0, 0.05) is 11.6 Å². The Morgan fingerprint density at radius 1 is 1.12 bits per heavy atom. The van der Waals surface area contributed by atoms with Gasteiger partial charge in [-0.3, -0.25) is 9.69 Å². The van der Waals surface area contributed by atoms with E-state index in [1.165, 1.54) is 23.9 Å². The average Bonchev–Trinajstić information content (AvgIpc) is 3.12. The van der Waals surface area contributed by atoms with E-state index < -0.39 is 5.97 Å². The van der Waals surface area contributed by atoms with Crippen LogP contribution in [0.15, 0.2) is 82.7 Å². The standard InChI is InChI=1S/C26H21ClN2O4S/c1-2-29-24(30)23(34-26(29)28-21-7-4-6-19(15-21)25(31)32)14-18-5-3-8-22(13-18)33-16-17-9-11-20(27)12-10-17/h3-15H,2,16H2,1H3,(H,31,32)/b23-14-,28-26?. The highest BCUT2D eigenvalue weighted by Gasteiger charge is 2.32. The molecular weight excluding hydrogens is 472 g/mol. The summed E-state index contributed by atoms with van der Waals surface area (Å²) in [7, 11) is 0. The van der Waals surface area contributed by atoms with Gasteiger partial charge in [0.1, 0.15) is 12.4 Å². The fourth-order valence-corrected chi connectivity index (χ4v) is 4.47. The zero-order valence-corrected chi connectivity index (χ0v) is 19.8. The third-order valence-electron chi connectivity index (χ3n) is 5.00. The minimum Gasteiger partial charge on any atom is -0.489 e. The molecule has 1 saturated heterocycles. The number of carboxylic acid groups (broad SMARTS) is 1. The number of likely N-dealkylation sites (N-methyl/N-ethyl adjacent to an activating group) is 1. The maximum Gasteiger partial charge on any atom is 0.335 e. The van der Waals surface area contributed by atoms with Crippen LogP contribution in [0.25, 0.3) is 6.08 Å². The zero-order chi connectivity index (χ0) is 24.1. The lowest BCUT2D eigenvalue weighted by atomic mass is 10.2. The summed E-state index contributed by atoms with van der Waals surface area (Å²) < 4.78 is 5.89. The third-order valence-corrected chi connectivity index (χ3v) is 6.26. The maximum atomic E-state index is 13.0. The number of benzene rings is 3. The van der Waals surface area contributed by atoms with Crippen LogP contribution in [0.2, 0.25) is 5.02 Å². The van der Waals surface area contributed by atoms with Crippen molar-refractivity contribution >= 4 is 52.2 Å². The first kappa shape index (κ1) is 23.6. The summed E-state index contributed by atoms with van der Waals surface area (Å²) in [5.41, 5.74) is 2.45.